The van der Waals surface area contributed by atoms with E-state index in [0.29, 0.717) is 31.9 Å². The van der Waals surface area contributed by atoms with Gasteiger partial charge in [-0.05, 0) is 36.8 Å². The van der Waals surface area contributed by atoms with Crippen LogP contribution in [-0.2, 0) is 11.3 Å². The Kier molecular flexibility index (Phi) is 6.37. The number of rotatable bonds is 7. The third kappa shape index (κ3) is 5.16. The molecule has 1 aliphatic heterocycles. The molecule has 148 valence electrons. The molecule has 0 aromatic heterocycles. The molecule has 1 heterocycles. The van der Waals surface area contributed by atoms with Gasteiger partial charge in [-0.25, -0.2) is 9.59 Å². The van der Waals surface area contributed by atoms with Gasteiger partial charge in [0.15, 0.2) is 0 Å². The van der Waals surface area contributed by atoms with Crippen LogP contribution in [0.4, 0.5) is 21.0 Å². The number of para-hydroxylation sites is 1. The molecule has 0 radical (unpaired) electrons. The van der Waals surface area contributed by atoms with Gasteiger partial charge >= 0.3 is 12.1 Å². The largest absolute Gasteiger partial charge is 0.448 e. The van der Waals surface area contributed by atoms with Crippen LogP contribution < -0.4 is 15.5 Å². The number of amides is 3. The highest BCUT2D eigenvalue weighted by molar-refractivity contribution is 5.89. The van der Waals surface area contributed by atoms with Crippen molar-refractivity contribution in [2.45, 2.75) is 19.5 Å². The van der Waals surface area contributed by atoms with Gasteiger partial charge in [0.2, 0.25) is 0 Å². The van der Waals surface area contributed by atoms with Gasteiger partial charge in [0.05, 0.1) is 6.54 Å². The van der Waals surface area contributed by atoms with E-state index < -0.39 is 0 Å². The number of carbonyl (C=O) groups is 2. The molecule has 7 nitrogen and oxygen atoms in total. The molecule has 28 heavy (non-hydrogen) atoms. The first kappa shape index (κ1) is 19.5. The standard InChI is InChI=1S/C21H26N4O3/c1-16(24(2)19-6-4-3-5-7-19)14-22-20(26)23-18-10-8-17(9-11-18)15-25-12-13-28-21(25)27/h3-11,16H,12-15H2,1-2H3,(H2,22,23,26). The number of ether oxygens (including phenoxy) is 1. The molecule has 2 aromatic carbocycles. The van der Waals surface area contributed by atoms with E-state index >= 15 is 0 Å². The van der Waals surface area contributed by atoms with Gasteiger partial charge in [-0.2, -0.15) is 0 Å². The molecule has 7 heteroatoms. The van der Waals surface area contributed by atoms with Crippen LogP contribution in [0.2, 0.25) is 0 Å². The second kappa shape index (κ2) is 9.12. The van der Waals surface area contributed by atoms with Crippen molar-refractivity contribution in [3.63, 3.8) is 0 Å². The lowest BCUT2D eigenvalue weighted by molar-refractivity contribution is 0.157. The summed E-state index contributed by atoms with van der Waals surface area (Å²) in [7, 11) is 2.01. The first-order valence-corrected chi connectivity index (χ1v) is 9.36. The Morgan fingerprint density at radius 3 is 2.54 bits per heavy atom. The summed E-state index contributed by atoms with van der Waals surface area (Å²) in [6.07, 6.45) is -0.281. The van der Waals surface area contributed by atoms with Crippen LogP contribution >= 0.6 is 0 Å². The topological polar surface area (TPSA) is 73.9 Å². The van der Waals surface area contributed by atoms with E-state index in [0.717, 1.165) is 11.3 Å². The van der Waals surface area contributed by atoms with Gasteiger partial charge in [0.1, 0.15) is 6.61 Å². The number of carbonyl (C=O) groups excluding carboxylic acids is 2. The van der Waals surface area contributed by atoms with Gasteiger partial charge < -0.3 is 25.2 Å². The minimum absolute atomic E-state index is 0.149. The van der Waals surface area contributed by atoms with E-state index in [1.807, 2.05) is 61.6 Å². The van der Waals surface area contributed by atoms with Crippen LogP contribution in [0.1, 0.15) is 12.5 Å². The minimum Gasteiger partial charge on any atom is -0.448 e. The van der Waals surface area contributed by atoms with Gasteiger partial charge in [-0.3, -0.25) is 0 Å². The molecule has 1 saturated heterocycles. The zero-order chi connectivity index (χ0) is 19.9. The number of nitrogens with one attached hydrogen (secondary N) is 2. The molecule has 1 fully saturated rings. The first-order chi connectivity index (χ1) is 13.5. The van der Waals surface area contributed by atoms with Gasteiger partial charge in [-0.1, -0.05) is 30.3 Å². The second-order valence-electron chi connectivity index (χ2n) is 6.86. The van der Waals surface area contributed by atoms with E-state index in [2.05, 4.69) is 22.5 Å². The molecule has 2 aromatic rings. The summed E-state index contributed by atoms with van der Waals surface area (Å²) in [4.78, 5) is 27.4. The lowest BCUT2D eigenvalue weighted by atomic mass is 10.2. The number of nitrogens with zero attached hydrogens (tertiary/aromatic N) is 2. The summed E-state index contributed by atoms with van der Waals surface area (Å²) in [5.74, 6) is 0. The molecular formula is C21H26N4O3. The fourth-order valence-corrected chi connectivity index (χ4v) is 2.95. The van der Waals surface area contributed by atoms with Gasteiger partial charge in [-0.15, -0.1) is 0 Å². The Hall–Kier alpha value is -3.22. The minimum atomic E-state index is -0.281. The van der Waals surface area contributed by atoms with Gasteiger partial charge in [0, 0.05) is 37.6 Å². The molecule has 2 N–H and O–H groups in total. The third-order valence-electron chi connectivity index (χ3n) is 4.81. The van der Waals surface area contributed by atoms with Crippen LogP contribution in [0.25, 0.3) is 0 Å². The van der Waals surface area contributed by atoms with Crippen LogP contribution in [0.15, 0.2) is 54.6 Å². The highest BCUT2D eigenvalue weighted by Gasteiger charge is 2.21. The summed E-state index contributed by atoms with van der Waals surface area (Å²) < 4.78 is 4.92. The smallest absolute Gasteiger partial charge is 0.410 e. The average molecular weight is 382 g/mol. The maximum Gasteiger partial charge on any atom is 0.410 e. The lowest BCUT2D eigenvalue weighted by Crippen LogP contribution is -2.41. The maximum absolute atomic E-state index is 12.2. The maximum atomic E-state index is 12.2. The Bertz CT molecular complexity index is 795. The van der Waals surface area contributed by atoms with Crippen molar-refractivity contribution in [3.05, 3.63) is 60.2 Å². The zero-order valence-corrected chi connectivity index (χ0v) is 16.2. The van der Waals surface area contributed by atoms with E-state index in [1.165, 1.54) is 0 Å². The summed E-state index contributed by atoms with van der Waals surface area (Å²) in [6, 6.07) is 17.4. The van der Waals surface area contributed by atoms with Crippen molar-refractivity contribution in [1.29, 1.82) is 0 Å². The van der Waals surface area contributed by atoms with Gasteiger partial charge in [0.25, 0.3) is 0 Å². The Balaban J connectivity index is 1.44. The van der Waals surface area contributed by atoms with E-state index in [1.54, 1.807) is 4.90 Å². The van der Waals surface area contributed by atoms with Crippen LogP contribution in [-0.4, -0.2) is 49.8 Å². The van der Waals surface area contributed by atoms with E-state index in [9.17, 15) is 9.59 Å². The molecule has 1 aliphatic rings. The first-order valence-electron chi connectivity index (χ1n) is 9.36. The number of hydrogen-bond donors (Lipinski definition) is 2. The van der Waals surface area contributed by atoms with Crippen molar-refractivity contribution < 1.29 is 14.3 Å². The number of anilines is 2. The van der Waals surface area contributed by atoms with Crippen LogP contribution in [0.5, 0.6) is 0 Å². The summed E-state index contributed by atoms with van der Waals surface area (Å²) in [5.41, 5.74) is 2.80. The number of hydrogen-bond acceptors (Lipinski definition) is 4. The van der Waals surface area contributed by atoms with Crippen molar-refractivity contribution >= 4 is 23.5 Å². The van der Waals surface area contributed by atoms with Crippen LogP contribution in [0, 0.1) is 0 Å². The predicted octanol–water partition coefficient (Wildman–Crippen LogP) is 3.29. The molecule has 0 bridgehead atoms. The number of urea groups is 1. The molecule has 0 spiro atoms. The van der Waals surface area contributed by atoms with Crippen LogP contribution in [0.3, 0.4) is 0 Å². The Morgan fingerprint density at radius 2 is 1.89 bits per heavy atom. The summed E-state index contributed by atoms with van der Waals surface area (Å²) in [6.45, 7) is 4.14. The molecule has 3 rings (SSSR count). The van der Waals surface area contributed by atoms with Crippen molar-refractivity contribution in [2.24, 2.45) is 0 Å². The average Bonchev–Trinajstić information content (AvgIpc) is 3.12. The van der Waals surface area contributed by atoms with E-state index in [-0.39, 0.29) is 18.2 Å². The fourth-order valence-electron chi connectivity index (χ4n) is 2.95. The SMILES string of the molecule is CC(CNC(=O)Nc1ccc(CN2CCOC2=O)cc1)N(C)c1ccccc1. The van der Waals surface area contributed by atoms with Crippen molar-refractivity contribution in [1.82, 2.24) is 10.2 Å². The highest BCUT2D eigenvalue weighted by atomic mass is 16.6. The van der Waals surface area contributed by atoms with E-state index in [4.69, 9.17) is 4.74 Å². The molecule has 1 unspecified atom stereocenters. The Morgan fingerprint density at radius 1 is 1.18 bits per heavy atom. The number of cyclic esters (lactones) is 1. The summed E-state index contributed by atoms with van der Waals surface area (Å²) in [5, 5.41) is 5.73. The van der Waals surface area contributed by atoms with Crippen molar-refractivity contribution in [3.8, 4) is 0 Å². The number of likely N-dealkylation sites (N-methyl/N-ethyl adjacent to an activating group) is 1. The van der Waals surface area contributed by atoms with Crippen molar-refractivity contribution in [2.75, 3.05) is 37.0 Å². The highest BCUT2D eigenvalue weighted by Crippen LogP contribution is 2.15. The molecule has 0 saturated carbocycles. The number of benzene rings is 2. The predicted molar refractivity (Wildman–Crippen MR) is 110 cm³/mol. The molecular weight excluding hydrogens is 356 g/mol. The monoisotopic (exact) mass is 382 g/mol. The zero-order valence-electron chi connectivity index (χ0n) is 16.2. The molecule has 3 amide bonds. The Labute approximate surface area is 165 Å². The normalized spacial score (nSPS) is 14.4. The lowest BCUT2D eigenvalue weighted by Gasteiger charge is -2.27. The summed E-state index contributed by atoms with van der Waals surface area (Å²) >= 11 is 0. The molecule has 0 aliphatic carbocycles. The second-order valence-corrected chi connectivity index (χ2v) is 6.86. The third-order valence-corrected chi connectivity index (χ3v) is 4.81. The quantitative estimate of drug-likeness (QED) is 0.771. The fraction of sp³-hybridized carbons (Fsp3) is 0.333. The molecule has 1 atom stereocenters.